The molecule has 2 nitrogen and oxygen atoms in total. The number of hydrogen-bond acceptors (Lipinski definition) is 3. The Labute approximate surface area is 130 Å². The van der Waals surface area contributed by atoms with Crippen molar-refractivity contribution < 1.29 is 0 Å². The maximum atomic E-state index is 5.95. The van der Waals surface area contributed by atoms with Crippen LogP contribution >= 0.6 is 27.7 Å². The molecule has 0 saturated heterocycles. The third-order valence-electron chi connectivity index (χ3n) is 3.37. The van der Waals surface area contributed by atoms with Crippen molar-refractivity contribution in [3.8, 4) is 0 Å². The van der Waals surface area contributed by atoms with Crippen LogP contribution in [0.2, 0.25) is 0 Å². The molecule has 0 radical (unpaired) electrons. The molecular formula is C15H25BrN2S. The number of halogens is 1. The number of anilines is 1. The molecule has 0 spiro atoms. The molecule has 0 fully saturated rings. The first-order valence-corrected chi connectivity index (χ1v) is 8.90. The number of nitrogens with zero attached hydrogens (tertiary/aromatic N) is 1. The van der Waals surface area contributed by atoms with Gasteiger partial charge in [-0.15, -0.1) is 0 Å². The van der Waals surface area contributed by atoms with Crippen LogP contribution in [-0.2, 0) is 6.42 Å². The molecule has 2 unspecified atom stereocenters. The first kappa shape index (κ1) is 16.9. The van der Waals surface area contributed by atoms with Crippen LogP contribution in [0.3, 0.4) is 0 Å². The number of benzene rings is 1. The topological polar surface area (TPSA) is 29.3 Å². The van der Waals surface area contributed by atoms with E-state index in [0.29, 0.717) is 6.04 Å². The molecular weight excluding hydrogens is 320 g/mol. The molecule has 0 saturated carbocycles. The summed E-state index contributed by atoms with van der Waals surface area (Å²) in [5.74, 6) is 1.20. The average Bonchev–Trinajstić information content (AvgIpc) is 2.36. The first-order chi connectivity index (χ1) is 8.95. The van der Waals surface area contributed by atoms with Crippen LogP contribution in [0.25, 0.3) is 0 Å². The van der Waals surface area contributed by atoms with Crippen molar-refractivity contribution in [2.45, 2.75) is 38.8 Å². The van der Waals surface area contributed by atoms with E-state index in [4.69, 9.17) is 5.73 Å². The normalized spacial score (nSPS) is 14.2. The molecule has 0 aliphatic carbocycles. The highest BCUT2D eigenvalue weighted by atomic mass is 79.9. The second-order valence-electron chi connectivity index (χ2n) is 5.20. The van der Waals surface area contributed by atoms with E-state index < -0.39 is 0 Å². The van der Waals surface area contributed by atoms with E-state index in [2.05, 4.69) is 66.2 Å². The zero-order chi connectivity index (χ0) is 14.4. The van der Waals surface area contributed by atoms with Gasteiger partial charge in [-0.1, -0.05) is 22.0 Å². The first-order valence-electron chi connectivity index (χ1n) is 6.71. The fourth-order valence-electron chi connectivity index (χ4n) is 2.10. The van der Waals surface area contributed by atoms with Crippen molar-refractivity contribution >= 4 is 33.4 Å². The maximum absolute atomic E-state index is 5.95. The standard InChI is InChI=1S/C15H25BrN2S/c1-11(17)9-13-5-6-14(16)10-15(13)18(3)12(2)7-8-19-4/h5-6,10-12H,7-9,17H2,1-4H3. The minimum absolute atomic E-state index is 0.190. The van der Waals surface area contributed by atoms with Crippen molar-refractivity contribution in [1.29, 1.82) is 0 Å². The summed E-state index contributed by atoms with van der Waals surface area (Å²) in [6.07, 6.45) is 4.28. The van der Waals surface area contributed by atoms with Gasteiger partial charge < -0.3 is 10.6 Å². The molecule has 0 aromatic heterocycles. The van der Waals surface area contributed by atoms with Gasteiger partial charge >= 0.3 is 0 Å². The Kier molecular flexibility index (Phi) is 7.26. The van der Waals surface area contributed by atoms with Crippen LogP contribution in [0.5, 0.6) is 0 Å². The Bertz CT molecular complexity index is 396. The van der Waals surface area contributed by atoms with Crippen LogP contribution in [-0.4, -0.2) is 31.1 Å². The number of rotatable bonds is 7. The Morgan fingerprint density at radius 2 is 2.05 bits per heavy atom. The monoisotopic (exact) mass is 344 g/mol. The van der Waals surface area contributed by atoms with Crippen LogP contribution in [0, 0.1) is 0 Å². The van der Waals surface area contributed by atoms with Crippen LogP contribution < -0.4 is 10.6 Å². The molecule has 108 valence electrons. The van der Waals surface area contributed by atoms with E-state index in [1.165, 1.54) is 23.4 Å². The average molecular weight is 345 g/mol. The highest BCUT2D eigenvalue weighted by Crippen LogP contribution is 2.27. The van der Waals surface area contributed by atoms with E-state index >= 15 is 0 Å². The lowest BCUT2D eigenvalue weighted by atomic mass is 10.0. The summed E-state index contributed by atoms with van der Waals surface area (Å²) in [6, 6.07) is 7.21. The molecule has 1 aromatic rings. The maximum Gasteiger partial charge on any atom is 0.0410 e. The zero-order valence-corrected chi connectivity index (χ0v) is 14.7. The van der Waals surface area contributed by atoms with Gasteiger partial charge in [-0.2, -0.15) is 11.8 Å². The highest BCUT2D eigenvalue weighted by Gasteiger charge is 2.14. The molecule has 1 aromatic carbocycles. The van der Waals surface area contributed by atoms with E-state index in [9.17, 15) is 0 Å². The molecule has 2 N–H and O–H groups in total. The second-order valence-corrected chi connectivity index (χ2v) is 7.10. The smallest absolute Gasteiger partial charge is 0.0410 e. The van der Waals surface area contributed by atoms with Gasteiger partial charge in [0.2, 0.25) is 0 Å². The van der Waals surface area contributed by atoms with Crippen LogP contribution in [0.1, 0.15) is 25.8 Å². The molecule has 0 heterocycles. The number of hydrogen-bond donors (Lipinski definition) is 1. The Balaban J connectivity index is 2.92. The molecule has 0 amide bonds. The number of nitrogens with two attached hydrogens (primary N) is 1. The molecule has 1 rings (SSSR count). The summed E-state index contributed by atoms with van der Waals surface area (Å²) in [5, 5.41) is 0. The number of thioether (sulfide) groups is 1. The van der Waals surface area contributed by atoms with Crippen LogP contribution in [0.15, 0.2) is 22.7 Å². The summed E-state index contributed by atoms with van der Waals surface area (Å²) in [5.41, 5.74) is 8.58. The van der Waals surface area contributed by atoms with Gasteiger partial charge in [0.1, 0.15) is 0 Å². The van der Waals surface area contributed by atoms with Crippen LogP contribution in [0.4, 0.5) is 5.69 Å². The molecule has 2 atom stereocenters. The summed E-state index contributed by atoms with van der Waals surface area (Å²) in [4.78, 5) is 2.37. The minimum Gasteiger partial charge on any atom is -0.372 e. The fraction of sp³-hybridized carbons (Fsp3) is 0.600. The van der Waals surface area contributed by atoms with Gasteiger partial charge in [-0.3, -0.25) is 0 Å². The minimum atomic E-state index is 0.190. The summed E-state index contributed by atoms with van der Waals surface area (Å²) in [7, 11) is 2.18. The van der Waals surface area contributed by atoms with Gasteiger partial charge in [0.25, 0.3) is 0 Å². The van der Waals surface area contributed by atoms with E-state index in [0.717, 1.165) is 10.9 Å². The third-order valence-corrected chi connectivity index (χ3v) is 4.51. The van der Waals surface area contributed by atoms with Gasteiger partial charge in [-0.25, -0.2) is 0 Å². The van der Waals surface area contributed by atoms with E-state index in [1.54, 1.807) is 0 Å². The summed E-state index contributed by atoms with van der Waals surface area (Å²) < 4.78 is 1.12. The highest BCUT2D eigenvalue weighted by molar-refractivity contribution is 9.10. The predicted molar refractivity (Wildman–Crippen MR) is 92.4 cm³/mol. The lowest BCUT2D eigenvalue weighted by molar-refractivity contribution is 0.661. The summed E-state index contributed by atoms with van der Waals surface area (Å²) in [6.45, 7) is 4.34. The van der Waals surface area contributed by atoms with E-state index in [1.807, 2.05) is 11.8 Å². The molecule has 19 heavy (non-hydrogen) atoms. The molecule has 0 aliphatic heterocycles. The quantitative estimate of drug-likeness (QED) is 0.812. The zero-order valence-electron chi connectivity index (χ0n) is 12.3. The van der Waals surface area contributed by atoms with Crippen molar-refractivity contribution in [2.75, 3.05) is 24.0 Å². The SMILES string of the molecule is CSCCC(C)N(C)c1cc(Br)ccc1CC(C)N. The van der Waals surface area contributed by atoms with Gasteiger partial charge in [0.05, 0.1) is 0 Å². The lowest BCUT2D eigenvalue weighted by Crippen LogP contribution is -2.31. The third kappa shape index (κ3) is 5.36. The molecule has 0 bridgehead atoms. The van der Waals surface area contributed by atoms with Gasteiger partial charge in [-0.05, 0) is 56.4 Å². The second kappa shape index (κ2) is 8.18. The Morgan fingerprint density at radius 1 is 1.37 bits per heavy atom. The van der Waals surface area contributed by atoms with E-state index in [-0.39, 0.29) is 6.04 Å². The fourth-order valence-corrected chi connectivity index (χ4v) is 3.03. The molecule has 4 heteroatoms. The van der Waals surface area contributed by atoms with Gasteiger partial charge in [0.15, 0.2) is 0 Å². The van der Waals surface area contributed by atoms with Crippen molar-refractivity contribution in [3.05, 3.63) is 28.2 Å². The van der Waals surface area contributed by atoms with Crippen molar-refractivity contribution in [1.82, 2.24) is 0 Å². The van der Waals surface area contributed by atoms with Crippen molar-refractivity contribution in [3.63, 3.8) is 0 Å². The van der Waals surface area contributed by atoms with Crippen molar-refractivity contribution in [2.24, 2.45) is 5.73 Å². The Morgan fingerprint density at radius 3 is 2.63 bits per heavy atom. The molecule has 0 aliphatic rings. The predicted octanol–water partition coefficient (Wildman–Crippen LogP) is 3.92. The Hall–Kier alpha value is -0.190. The van der Waals surface area contributed by atoms with Gasteiger partial charge in [0, 0.05) is 29.3 Å². The largest absolute Gasteiger partial charge is 0.372 e. The summed E-state index contributed by atoms with van der Waals surface area (Å²) >= 11 is 5.48. The lowest BCUT2D eigenvalue weighted by Gasteiger charge is -2.29.